The highest BCUT2D eigenvalue weighted by atomic mass is 32.2. The molecule has 0 aliphatic carbocycles. The zero-order valence-electron chi connectivity index (χ0n) is 23.3. The summed E-state index contributed by atoms with van der Waals surface area (Å²) in [6.07, 6.45) is -3.64. The summed E-state index contributed by atoms with van der Waals surface area (Å²) in [5, 5.41) is 15.1. The van der Waals surface area contributed by atoms with Gasteiger partial charge in [0, 0.05) is 25.1 Å². The summed E-state index contributed by atoms with van der Waals surface area (Å²) in [5.41, 5.74) is -0.482. The van der Waals surface area contributed by atoms with Gasteiger partial charge in [-0.3, -0.25) is 4.79 Å². The Morgan fingerprint density at radius 2 is 1.82 bits per heavy atom. The van der Waals surface area contributed by atoms with Gasteiger partial charge in [0.1, 0.15) is 4.90 Å². The second-order valence-electron chi connectivity index (χ2n) is 10.5. The average Bonchev–Trinajstić information content (AvgIpc) is 3.35. The SMILES string of the molecule is Cc1nnn(Cc2cc(C(F)(F)F)ccc2CCC(=O)N2CCC(CC(c3ccc(S(N)(=O)=O)c(F)c3F)S(=O)O)CC2)n1. The van der Waals surface area contributed by atoms with E-state index in [-0.39, 0.29) is 50.7 Å². The number of piperidine rings is 1. The fourth-order valence-corrected chi connectivity index (χ4v) is 6.62. The van der Waals surface area contributed by atoms with Crippen molar-refractivity contribution in [2.24, 2.45) is 11.1 Å². The predicted molar refractivity (Wildman–Crippen MR) is 147 cm³/mol. The fourth-order valence-electron chi connectivity index (χ4n) is 5.19. The van der Waals surface area contributed by atoms with E-state index >= 15 is 0 Å². The van der Waals surface area contributed by atoms with Crippen molar-refractivity contribution in [3.05, 3.63) is 70.0 Å². The molecule has 1 saturated heterocycles. The Kier molecular flexibility index (Phi) is 10.2. The van der Waals surface area contributed by atoms with Gasteiger partial charge in [0.2, 0.25) is 15.9 Å². The summed E-state index contributed by atoms with van der Waals surface area (Å²) < 4.78 is 114. The molecule has 18 heteroatoms. The number of tetrazole rings is 1. The molecule has 2 unspecified atom stereocenters. The molecule has 3 aromatic rings. The van der Waals surface area contributed by atoms with Crippen molar-refractivity contribution in [2.45, 2.75) is 61.9 Å². The fraction of sp³-hybridized carbons (Fsp3) is 0.462. The maximum atomic E-state index is 14.7. The van der Waals surface area contributed by atoms with Gasteiger partial charge in [-0.2, -0.15) is 18.0 Å². The van der Waals surface area contributed by atoms with Crippen LogP contribution in [0.5, 0.6) is 0 Å². The van der Waals surface area contributed by atoms with Gasteiger partial charge in [0.05, 0.1) is 17.4 Å². The van der Waals surface area contributed by atoms with Crippen molar-refractivity contribution in [1.29, 1.82) is 0 Å². The first-order valence-corrected chi connectivity index (χ1v) is 16.1. The highest BCUT2D eigenvalue weighted by Crippen LogP contribution is 2.35. The van der Waals surface area contributed by atoms with Crippen LogP contribution >= 0.6 is 0 Å². The monoisotopic (exact) mass is 664 g/mol. The number of amides is 1. The Balaban J connectivity index is 1.38. The number of alkyl halides is 3. The van der Waals surface area contributed by atoms with Crippen molar-refractivity contribution in [3.63, 3.8) is 0 Å². The minimum Gasteiger partial charge on any atom is -0.343 e. The van der Waals surface area contributed by atoms with Gasteiger partial charge < -0.3 is 9.45 Å². The smallest absolute Gasteiger partial charge is 0.343 e. The number of halogens is 5. The van der Waals surface area contributed by atoms with Crippen molar-refractivity contribution < 1.29 is 43.9 Å². The van der Waals surface area contributed by atoms with Crippen LogP contribution in [0.3, 0.4) is 0 Å². The Morgan fingerprint density at radius 1 is 1.14 bits per heavy atom. The van der Waals surface area contributed by atoms with Crippen LogP contribution in [0.4, 0.5) is 22.0 Å². The van der Waals surface area contributed by atoms with Crippen LogP contribution in [-0.4, -0.2) is 61.3 Å². The lowest BCUT2D eigenvalue weighted by Crippen LogP contribution is -2.39. The molecule has 2 heterocycles. The Morgan fingerprint density at radius 3 is 2.39 bits per heavy atom. The number of carbonyl (C=O) groups excluding carboxylic acids is 1. The minimum absolute atomic E-state index is 0.0109. The molecule has 4 rings (SSSR count). The molecule has 240 valence electrons. The number of hydrogen-bond acceptors (Lipinski definition) is 7. The lowest BCUT2D eigenvalue weighted by Gasteiger charge is -2.33. The lowest BCUT2D eigenvalue weighted by atomic mass is 9.89. The van der Waals surface area contributed by atoms with Gasteiger partial charge in [-0.1, -0.05) is 12.1 Å². The van der Waals surface area contributed by atoms with Gasteiger partial charge in [-0.25, -0.2) is 26.5 Å². The molecule has 1 fully saturated rings. The molecule has 1 amide bonds. The third kappa shape index (κ3) is 8.02. The quantitative estimate of drug-likeness (QED) is 0.246. The van der Waals surface area contributed by atoms with E-state index in [0.29, 0.717) is 29.8 Å². The first-order chi connectivity index (χ1) is 20.5. The molecule has 0 bridgehead atoms. The first-order valence-electron chi connectivity index (χ1n) is 13.4. The number of nitrogens with two attached hydrogens (primary N) is 1. The van der Waals surface area contributed by atoms with Crippen LogP contribution in [0, 0.1) is 24.5 Å². The van der Waals surface area contributed by atoms with Gasteiger partial charge in [0.15, 0.2) is 28.5 Å². The molecule has 1 aliphatic rings. The molecular weight excluding hydrogens is 635 g/mol. The number of sulfonamides is 1. The Hall–Kier alpha value is -3.35. The highest BCUT2D eigenvalue weighted by Gasteiger charge is 2.33. The standard InChI is InChI=1S/C26H29F5N6O5S2/c1-15-33-35-37(34-15)14-18-13-19(26(29,30)31)4-2-17(18)3-7-23(38)36-10-8-16(9-11-36)12-21(43(39)40)20-5-6-22(44(32,41)42)25(28)24(20)27/h2,4-6,13,16,21H,3,7-12,14H2,1H3,(H,39,40)(H2,32,41,42). The average molecular weight is 665 g/mol. The van der Waals surface area contributed by atoms with E-state index in [0.717, 1.165) is 24.3 Å². The number of aromatic nitrogens is 4. The van der Waals surface area contributed by atoms with Crippen LogP contribution in [0.2, 0.25) is 0 Å². The number of nitrogens with zero attached hydrogens (tertiary/aromatic N) is 5. The maximum absolute atomic E-state index is 14.7. The van der Waals surface area contributed by atoms with Gasteiger partial charge in [0.25, 0.3) is 0 Å². The van der Waals surface area contributed by atoms with Crippen LogP contribution in [0.25, 0.3) is 0 Å². The van der Waals surface area contributed by atoms with Gasteiger partial charge >= 0.3 is 6.18 Å². The molecular formula is C26H29F5N6O5S2. The van der Waals surface area contributed by atoms with Crippen molar-refractivity contribution in [1.82, 2.24) is 25.1 Å². The van der Waals surface area contributed by atoms with E-state index < -0.39 is 60.2 Å². The number of likely N-dealkylation sites (tertiary alicyclic amines) is 1. The maximum Gasteiger partial charge on any atom is 0.416 e. The normalized spacial score (nSPS) is 16.2. The second kappa shape index (κ2) is 13.3. The number of rotatable bonds is 10. The summed E-state index contributed by atoms with van der Waals surface area (Å²) in [7, 11) is -4.55. The number of carbonyl (C=O) groups is 1. The molecule has 11 nitrogen and oxygen atoms in total. The molecule has 0 saturated carbocycles. The second-order valence-corrected chi connectivity index (χ2v) is 13.2. The molecule has 44 heavy (non-hydrogen) atoms. The van der Waals surface area contributed by atoms with E-state index in [1.165, 1.54) is 10.9 Å². The van der Waals surface area contributed by atoms with E-state index in [1.807, 2.05) is 0 Å². The molecule has 1 aliphatic heterocycles. The van der Waals surface area contributed by atoms with Crippen LogP contribution in [-0.2, 0) is 45.0 Å². The van der Waals surface area contributed by atoms with E-state index in [1.54, 1.807) is 11.8 Å². The van der Waals surface area contributed by atoms with Crippen LogP contribution < -0.4 is 5.14 Å². The van der Waals surface area contributed by atoms with Gasteiger partial charge in [-0.05, 0) is 73.1 Å². The van der Waals surface area contributed by atoms with Crippen LogP contribution in [0.1, 0.15) is 59.0 Å². The first kappa shape index (κ1) is 33.5. The lowest BCUT2D eigenvalue weighted by molar-refractivity contribution is -0.137. The highest BCUT2D eigenvalue weighted by molar-refractivity contribution is 7.89. The van der Waals surface area contributed by atoms with Gasteiger partial charge in [-0.15, -0.1) is 10.2 Å². The predicted octanol–water partition coefficient (Wildman–Crippen LogP) is 3.50. The topological polar surface area (TPSA) is 161 Å². The molecule has 2 atom stereocenters. The Labute approximate surface area is 251 Å². The number of hydrogen-bond donors (Lipinski definition) is 2. The molecule has 0 spiro atoms. The third-order valence-corrected chi connectivity index (χ3v) is 9.36. The molecule has 0 radical (unpaired) electrons. The van der Waals surface area contributed by atoms with E-state index in [4.69, 9.17) is 5.14 Å². The van der Waals surface area contributed by atoms with Crippen LogP contribution in [0.15, 0.2) is 35.2 Å². The van der Waals surface area contributed by atoms with E-state index in [9.17, 15) is 43.9 Å². The summed E-state index contributed by atoms with van der Waals surface area (Å²) in [5.74, 6) is -3.43. The zero-order chi connectivity index (χ0) is 32.4. The summed E-state index contributed by atoms with van der Waals surface area (Å²) >= 11 is -2.62. The number of aryl methyl sites for hydroxylation is 2. The number of benzene rings is 2. The number of primary sulfonamides is 1. The van der Waals surface area contributed by atoms with E-state index in [2.05, 4.69) is 15.4 Å². The largest absolute Gasteiger partial charge is 0.416 e. The van der Waals surface area contributed by atoms with Crippen molar-refractivity contribution in [3.8, 4) is 0 Å². The summed E-state index contributed by atoms with van der Waals surface area (Å²) in [6, 6.07) is 4.95. The molecule has 2 aromatic carbocycles. The zero-order valence-corrected chi connectivity index (χ0v) is 24.9. The summed E-state index contributed by atoms with van der Waals surface area (Å²) in [6.45, 7) is 2.07. The third-order valence-electron chi connectivity index (χ3n) is 7.49. The summed E-state index contributed by atoms with van der Waals surface area (Å²) in [4.78, 5) is 14.7. The molecule has 3 N–H and O–H groups in total. The molecule has 1 aromatic heterocycles. The van der Waals surface area contributed by atoms with Crippen molar-refractivity contribution in [2.75, 3.05) is 13.1 Å². The minimum atomic E-state index is -4.56. The Bertz CT molecular complexity index is 1660. The van der Waals surface area contributed by atoms with Crippen molar-refractivity contribution >= 4 is 27.0 Å².